The molecule has 0 aliphatic carbocycles. The van der Waals surface area contributed by atoms with E-state index < -0.39 is 0 Å². The zero-order chi connectivity index (χ0) is 16.4. The summed E-state index contributed by atoms with van der Waals surface area (Å²) in [5.41, 5.74) is 1.35. The first-order chi connectivity index (χ1) is 11.0. The van der Waals surface area contributed by atoms with Crippen LogP contribution in [0.15, 0.2) is 23.6 Å². The molecule has 1 saturated heterocycles. The minimum atomic E-state index is -0.265. The van der Waals surface area contributed by atoms with Gasteiger partial charge in [0.15, 0.2) is 5.13 Å². The van der Waals surface area contributed by atoms with Crippen LogP contribution in [0.1, 0.15) is 0 Å². The normalized spacial score (nSPS) is 14.3. The van der Waals surface area contributed by atoms with Crippen LogP contribution in [0.5, 0.6) is 0 Å². The van der Waals surface area contributed by atoms with Crippen LogP contribution in [0.2, 0.25) is 10.0 Å². The Balaban J connectivity index is 1.68. The van der Waals surface area contributed by atoms with Crippen LogP contribution >= 0.6 is 46.3 Å². The number of carbonyl (C=O) groups excluding carboxylic acids is 2. The molecule has 2 amide bonds. The molecule has 0 spiro atoms. The maximum absolute atomic E-state index is 12.0. The van der Waals surface area contributed by atoms with Crippen molar-refractivity contribution in [1.82, 2.24) is 9.88 Å². The van der Waals surface area contributed by atoms with Gasteiger partial charge in [0.25, 0.3) is 0 Å². The van der Waals surface area contributed by atoms with Gasteiger partial charge in [-0.2, -0.15) is 0 Å². The first kappa shape index (κ1) is 16.6. The molecule has 0 atom stereocenters. The monoisotopic (exact) mass is 387 g/mol. The lowest BCUT2D eigenvalue weighted by Crippen LogP contribution is -2.34. The number of amides is 2. The summed E-state index contributed by atoms with van der Waals surface area (Å²) in [5.74, 6) is 0.699. The molecule has 1 fully saturated rings. The van der Waals surface area contributed by atoms with Gasteiger partial charge < -0.3 is 10.2 Å². The van der Waals surface area contributed by atoms with E-state index in [1.807, 2.05) is 0 Å². The van der Waals surface area contributed by atoms with Gasteiger partial charge in [-0.15, -0.1) is 23.1 Å². The fraction of sp³-hybridized carbons (Fsp3) is 0.214. The molecule has 0 bridgehead atoms. The fourth-order valence-corrected chi connectivity index (χ4v) is 4.04. The second kappa shape index (κ2) is 7.09. The summed E-state index contributed by atoms with van der Waals surface area (Å²) in [4.78, 5) is 29.4. The van der Waals surface area contributed by atoms with Gasteiger partial charge in [0.05, 0.1) is 22.3 Å². The molecule has 1 N–H and O–H groups in total. The van der Waals surface area contributed by atoms with Crippen molar-refractivity contribution in [2.45, 2.75) is 0 Å². The summed E-state index contributed by atoms with van der Waals surface area (Å²) in [7, 11) is 0. The van der Waals surface area contributed by atoms with E-state index in [4.69, 9.17) is 23.2 Å². The van der Waals surface area contributed by atoms with Crippen molar-refractivity contribution in [2.24, 2.45) is 0 Å². The molecule has 0 radical (unpaired) electrons. The first-order valence-electron chi connectivity index (χ1n) is 6.59. The molecule has 3 rings (SSSR count). The molecule has 2 heterocycles. The van der Waals surface area contributed by atoms with Crippen molar-refractivity contribution in [2.75, 3.05) is 23.5 Å². The molecule has 1 aromatic heterocycles. The third kappa shape index (κ3) is 3.98. The maximum Gasteiger partial charge on any atom is 0.245 e. The Hall–Kier alpha value is -1.28. The van der Waals surface area contributed by atoms with Gasteiger partial charge in [-0.25, -0.2) is 4.98 Å². The smallest absolute Gasteiger partial charge is 0.245 e. The van der Waals surface area contributed by atoms with Crippen LogP contribution < -0.4 is 5.32 Å². The lowest BCUT2D eigenvalue weighted by molar-refractivity contribution is -0.130. The number of nitrogens with zero attached hydrogens (tertiary/aromatic N) is 2. The van der Waals surface area contributed by atoms with Crippen molar-refractivity contribution in [3.05, 3.63) is 33.6 Å². The van der Waals surface area contributed by atoms with Gasteiger partial charge in [-0.1, -0.05) is 23.2 Å². The van der Waals surface area contributed by atoms with Crippen molar-refractivity contribution < 1.29 is 9.59 Å². The van der Waals surface area contributed by atoms with Crippen LogP contribution in [0.3, 0.4) is 0 Å². The number of aromatic nitrogens is 1. The number of carbonyl (C=O) groups is 2. The molecular formula is C14H11Cl2N3O2S2. The number of benzene rings is 1. The van der Waals surface area contributed by atoms with E-state index in [9.17, 15) is 9.59 Å². The number of nitrogens with one attached hydrogen (secondary N) is 1. The van der Waals surface area contributed by atoms with Gasteiger partial charge in [0, 0.05) is 16.0 Å². The number of hydrogen-bond acceptors (Lipinski definition) is 5. The minimum Gasteiger partial charge on any atom is -0.323 e. The maximum atomic E-state index is 12.0. The molecule has 1 aliphatic rings. The lowest BCUT2D eigenvalue weighted by Gasteiger charge is -2.13. The van der Waals surface area contributed by atoms with Crippen molar-refractivity contribution in [3.63, 3.8) is 0 Å². The van der Waals surface area contributed by atoms with E-state index in [0.29, 0.717) is 38.1 Å². The second-order valence-corrected chi connectivity index (χ2v) is 7.44. The highest BCUT2D eigenvalue weighted by Gasteiger charge is 2.23. The quantitative estimate of drug-likeness (QED) is 0.870. The summed E-state index contributed by atoms with van der Waals surface area (Å²) >= 11 is 14.9. The predicted molar refractivity (Wildman–Crippen MR) is 95.2 cm³/mol. The van der Waals surface area contributed by atoms with Gasteiger partial charge in [0.1, 0.15) is 6.54 Å². The molecule has 1 aromatic carbocycles. The third-order valence-electron chi connectivity index (χ3n) is 3.11. The number of anilines is 1. The van der Waals surface area contributed by atoms with E-state index in [1.54, 1.807) is 23.6 Å². The number of rotatable bonds is 4. The highest BCUT2D eigenvalue weighted by atomic mass is 35.5. The SMILES string of the molecule is O=C(CN1CSCC1=O)Nc1nc(-c2cc(Cl)ccc2Cl)cs1. The fourth-order valence-electron chi connectivity index (χ4n) is 2.02. The molecule has 5 nitrogen and oxygen atoms in total. The van der Waals surface area contributed by atoms with Crippen LogP contribution in [0.4, 0.5) is 5.13 Å². The second-order valence-electron chi connectivity index (χ2n) is 4.78. The molecule has 2 aromatic rings. The molecular weight excluding hydrogens is 377 g/mol. The van der Waals surface area contributed by atoms with E-state index in [0.717, 1.165) is 0 Å². The number of halogens is 2. The van der Waals surface area contributed by atoms with Crippen LogP contribution in [-0.2, 0) is 9.59 Å². The predicted octanol–water partition coefficient (Wildman–Crippen LogP) is 3.59. The van der Waals surface area contributed by atoms with E-state index in [1.165, 1.54) is 28.0 Å². The summed E-state index contributed by atoms with van der Waals surface area (Å²) in [6.07, 6.45) is 0. The third-order valence-corrected chi connectivity index (χ3v) is 5.38. The topological polar surface area (TPSA) is 62.3 Å². The Morgan fingerprint density at radius 3 is 2.96 bits per heavy atom. The van der Waals surface area contributed by atoms with Gasteiger partial charge in [-0.3, -0.25) is 9.59 Å². The Bertz CT molecular complexity index is 766. The van der Waals surface area contributed by atoms with Crippen LogP contribution in [0, 0.1) is 0 Å². The average molecular weight is 388 g/mol. The highest BCUT2D eigenvalue weighted by Crippen LogP contribution is 2.32. The van der Waals surface area contributed by atoms with Crippen LogP contribution in [-0.4, -0.2) is 39.9 Å². The summed E-state index contributed by atoms with van der Waals surface area (Å²) in [6, 6.07) is 5.13. The standard InChI is InChI=1S/C14H11Cl2N3O2S2/c15-8-1-2-10(16)9(3-8)11-5-23-14(17-11)18-12(20)4-19-7-22-6-13(19)21/h1-3,5H,4,6-7H2,(H,17,18,20). The lowest BCUT2D eigenvalue weighted by atomic mass is 10.2. The van der Waals surface area contributed by atoms with Gasteiger partial charge in [0.2, 0.25) is 11.8 Å². The summed E-state index contributed by atoms with van der Waals surface area (Å²) < 4.78 is 0. The molecule has 1 aliphatic heterocycles. The highest BCUT2D eigenvalue weighted by molar-refractivity contribution is 8.00. The Morgan fingerprint density at radius 2 is 2.22 bits per heavy atom. The van der Waals surface area contributed by atoms with E-state index >= 15 is 0 Å². The zero-order valence-electron chi connectivity index (χ0n) is 11.7. The van der Waals surface area contributed by atoms with E-state index in [-0.39, 0.29) is 18.4 Å². The Morgan fingerprint density at radius 1 is 1.39 bits per heavy atom. The Kier molecular flexibility index (Phi) is 5.11. The van der Waals surface area contributed by atoms with Crippen molar-refractivity contribution in [3.8, 4) is 11.3 Å². The first-order valence-corrected chi connectivity index (χ1v) is 9.38. The summed E-state index contributed by atoms with van der Waals surface area (Å²) in [5, 5.41) is 6.06. The van der Waals surface area contributed by atoms with E-state index in [2.05, 4.69) is 10.3 Å². The minimum absolute atomic E-state index is 0.0179. The zero-order valence-corrected chi connectivity index (χ0v) is 14.9. The van der Waals surface area contributed by atoms with Gasteiger partial charge >= 0.3 is 0 Å². The van der Waals surface area contributed by atoms with Crippen LogP contribution in [0.25, 0.3) is 11.3 Å². The number of thiazole rings is 1. The largest absolute Gasteiger partial charge is 0.323 e. The Labute approximate surface area is 151 Å². The number of thioether (sulfide) groups is 1. The molecule has 120 valence electrons. The molecule has 0 unspecified atom stereocenters. The molecule has 9 heteroatoms. The average Bonchev–Trinajstić information content (AvgIpc) is 3.12. The summed E-state index contributed by atoms with van der Waals surface area (Å²) in [6.45, 7) is 0.0403. The van der Waals surface area contributed by atoms with Gasteiger partial charge in [-0.05, 0) is 18.2 Å². The van der Waals surface area contributed by atoms with Crippen molar-refractivity contribution >= 4 is 63.2 Å². The van der Waals surface area contributed by atoms with Crippen molar-refractivity contribution in [1.29, 1.82) is 0 Å². The number of hydrogen-bond donors (Lipinski definition) is 1. The molecule has 0 saturated carbocycles. The molecule has 23 heavy (non-hydrogen) atoms.